The third-order valence-corrected chi connectivity index (χ3v) is 3.46. The molecule has 0 spiro atoms. The molecule has 0 bridgehead atoms. The molecule has 0 saturated carbocycles. The van der Waals surface area contributed by atoms with Crippen molar-refractivity contribution in [3.05, 3.63) is 65.7 Å². The van der Waals surface area contributed by atoms with Gasteiger partial charge < -0.3 is 15.0 Å². The van der Waals surface area contributed by atoms with Gasteiger partial charge in [-0.25, -0.2) is 4.79 Å². The number of ether oxygens (including phenoxy) is 1. The summed E-state index contributed by atoms with van der Waals surface area (Å²) in [6.45, 7) is 3.27. The molecule has 0 atom stereocenters. The Balaban J connectivity index is 1.69. The van der Waals surface area contributed by atoms with E-state index >= 15 is 0 Å². The molecule has 0 aliphatic rings. The molecule has 2 rings (SSSR count). The predicted molar refractivity (Wildman–Crippen MR) is 96.0 cm³/mol. The fourth-order valence-corrected chi connectivity index (χ4v) is 2.03. The number of carbonyl (C=O) groups excluding carboxylic acids is 1. The smallest absolute Gasteiger partial charge is 0.318 e. The molecule has 0 radical (unpaired) electrons. The van der Waals surface area contributed by atoms with Crippen LogP contribution in [-0.2, 0) is 0 Å². The number of carbonyl (C=O) groups is 1. The molecule has 0 aliphatic heterocycles. The van der Waals surface area contributed by atoms with E-state index in [0.29, 0.717) is 19.7 Å². The molecule has 4 heteroatoms. The number of nitrogens with zero attached hydrogens (tertiary/aromatic N) is 1. The van der Waals surface area contributed by atoms with Gasteiger partial charge in [-0.2, -0.15) is 0 Å². The average molecular weight is 322 g/mol. The van der Waals surface area contributed by atoms with Crippen LogP contribution in [0.4, 0.5) is 4.79 Å². The van der Waals surface area contributed by atoms with Crippen molar-refractivity contribution in [2.75, 3.05) is 26.7 Å². The highest BCUT2D eigenvalue weighted by molar-refractivity contribution is 5.74. The third-order valence-electron chi connectivity index (χ3n) is 3.46. The number of nitrogens with one attached hydrogen (secondary N) is 1. The molecule has 124 valence electrons. The third kappa shape index (κ3) is 5.69. The summed E-state index contributed by atoms with van der Waals surface area (Å²) in [5.41, 5.74) is 2.02. The van der Waals surface area contributed by atoms with E-state index in [4.69, 9.17) is 4.74 Å². The zero-order valence-electron chi connectivity index (χ0n) is 14.1. The van der Waals surface area contributed by atoms with E-state index < -0.39 is 0 Å². The van der Waals surface area contributed by atoms with Crippen LogP contribution < -0.4 is 10.1 Å². The zero-order valence-corrected chi connectivity index (χ0v) is 14.1. The number of para-hydroxylation sites is 1. The van der Waals surface area contributed by atoms with Gasteiger partial charge >= 0.3 is 6.03 Å². The van der Waals surface area contributed by atoms with E-state index in [1.165, 1.54) is 0 Å². The minimum absolute atomic E-state index is 0.161. The Bertz CT molecular complexity index is 717. The Morgan fingerprint density at radius 1 is 1.12 bits per heavy atom. The van der Waals surface area contributed by atoms with Crippen molar-refractivity contribution in [1.82, 2.24) is 10.2 Å². The molecular weight excluding hydrogens is 300 g/mol. The van der Waals surface area contributed by atoms with E-state index in [-0.39, 0.29) is 6.03 Å². The lowest BCUT2D eigenvalue weighted by Gasteiger charge is -2.17. The van der Waals surface area contributed by atoms with E-state index in [1.54, 1.807) is 11.9 Å². The van der Waals surface area contributed by atoms with Gasteiger partial charge in [0.15, 0.2) is 0 Å². The van der Waals surface area contributed by atoms with Gasteiger partial charge in [-0.1, -0.05) is 48.2 Å². The quantitative estimate of drug-likeness (QED) is 0.860. The highest BCUT2D eigenvalue weighted by atomic mass is 16.5. The summed E-state index contributed by atoms with van der Waals surface area (Å²) in [5.74, 6) is 6.79. The zero-order chi connectivity index (χ0) is 17.2. The lowest BCUT2D eigenvalue weighted by atomic mass is 10.2. The summed E-state index contributed by atoms with van der Waals surface area (Å²) in [6, 6.07) is 17.4. The molecule has 0 aliphatic carbocycles. The molecular formula is C20H22N2O2. The van der Waals surface area contributed by atoms with Gasteiger partial charge in [0.05, 0.1) is 13.1 Å². The van der Waals surface area contributed by atoms with E-state index in [1.807, 2.05) is 61.5 Å². The molecule has 2 aromatic carbocycles. The van der Waals surface area contributed by atoms with Crippen molar-refractivity contribution in [3.63, 3.8) is 0 Å². The number of likely N-dealkylation sites (N-methyl/N-ethyl adjacent to an activating group) is 1. The largest absolute Gasteiger partial charge is 0.491 e. The lowest BCUT2D eigenvalue weighted by Crippen LogP contribution is -2.39. The number of hydrogen-bond donors (Lipinski definition) is 1. The van der Waals surface area contributed by atoms with E-state index in [2.05, 4.69) is 17.2 Å². The molecule has 0 saturated heterocycles. The van der Waals surface area contributed by atoms with Crippen LogP contribution in [0.5, 0.6) is 5.75 Å². The molecule has 2 aromatic rings. The molecule has 4 nitrogen and oxygen atoms in total. The molecule has 0 heterocycles. The summed E-state index contributed by atoms with van der Waals surface area (Å²) in [5, 5.41) is 2.77. The number of benzene rings is 2. The van der Waals surface area contributed by atoms with Crippen LogP contribution in [0.15, 0.2) is 54.6 Å². The average Bonchev–Trinajstić information content (AvgIpc) is 2.61. The summed E-state index contributed by atoms with van der Waals surface area (Å²) in [6.07, 6.45) is 0. The van der Waals surface area contributed by atoms with E-state index in [0.717, 1.165) is 16.9 Å². The minimum atomic E-state index is -0.161. The first-order chi connectivity index (χ1) is 11.7. The normalized spacial score (nSPS) is 9.58. The Morgan fingerprint density at radius 3 is 2.58 bits per heavy atom. The summed E-state index contributed by atoms with van der Waals surface area (Å²) >= 11 is 0. The van der Waals surface area contributed by atoms with Crippen LogP contribution in [0.2, 0.25) is 0 Å². The number of hydrogen-bond acceptors (Lipinski definition) is 2. The van der Waals surface area contributed by atoms with Crippen molar-refractivity contribution in [3.8, 4) is 17.6 Å². The Labute approximate surface area is 143 Å². The maximum absolute atomic E-state index is 12.0. The Kier molecular flexibility index (Phi) is 6.73. The highest BCUT2D eigenvalue weighted by Crippen LogP contribution is 2.15. The second kappa shape index (κ2) is 9.26. The fourth-order valence-electron chi connectivity index (χ4n) is 2.03. The molecule has 2 amide bonds. The predicted octanol–water partition coefficient (Wildman–Crippen LogP) is 3.07. The number of rotatable bonds is 5. The van der Waals surface area contributed by atoms with Crippen molar-refractivity contribution in [1.29, 1.82) is 0 Å². The van der Waals surface area contributed by atoms with Gasteiger partial charge in [-0.15, -0.1) is 0 Å². The van der Waals surface area contributed by atoms with Gasteiger partial charge in [-0.3, -0.25) is 0 Å². The van der Waals surface area contributed by atoms with Crippen LogP contribution in [0, 0.1) is 18.8 Å². The molecule has 0 unspecified atom stereocenters. The minimum Gasteiger partial charge on any atom is -0.491 e. The highest BCUT2D eigenvalue weighted by Gasteiger charge is 2.07. The van der Waals surface area contributed by atoms with Gasteiger partial charge in [0.2, 0.25) is 0 Å². The van der Waals surface area contributed by atoms with Crippen molar-refractivity contribution < 1.29 is 9.53 Å². The van der Waals surface area contributed by atoms with Crippen LogP contribution in [-0.4, -0.2) is 37.7 Å². The maximum Gasteiger partial charge on any atom is 0.318 e. The molecule has 1 N–H and O–H groups in total. The monoisotopic (exact) mass is 322 g/mol. The second-order valence-corrected chi connectivity index (χ2v) is 5.36. The van der Waals surface area contributed by atoms with Gasteiger partial charge in [0.25, 0.3) is 0 Å². The van der Waals surface area contributed by atoms with Crippen molar-refractivity contribution >= 4 is 6.03 Å². The number of urea groups is 1. The molecule has 0 aromatic heterocycles. The van der Waals surface area contributed by atoms with Crippen LogP contribution >= 0.6 is 0 Å². The first-order valence-electron chi connectivity index (χ1n) is 7.88. The van der Waals surface area contributed by atoms with Crippen LogP contribution in [0.1, 0.15) is 11.1 Å². The molecule has 24 heavy (non-hydrogen) atoms. The topological polar surface area (TPSA) is 41.6 Å². The molecule has 0 fully saturated rings. The van der Waals surface area contributed by atoms with Gasteiger partial charge in [0, 0.05) is 12.6 Å². The standard InChI is InChI=1S/C20H22N2O2/c1-17-9-6-7-13-19(17)24-16-15-22(2)20(23)21-14-8-12-18-10-4-3-5-11-18/h3-7,9-11,13H,14-16H2,1-2H3,(H,21,23). The summed E-state index contributed by atoms with van der Waals surface area (Å²) in [7, 11) is 1.74. The Hall–Kier alpha value is -2.93. The SMILES string of the molecule is Cc1ccccc1OCCN(C)C(=O)NCC#Cc1ccccc1. The maximum atomic E-state index is 12.0. The Morgan fingerprint density at radius 2 is 1.83 bits per heavy atom. The first kappa shape index (κ1) is 17.4. The van der Waals surface area contributed by atoms with Gasteiger partial charge in [-0.05, 0) is 30.7 Å². The first-order valence-corrected chi connectivity index (χ1v) is 7.88. The number of aryl methyl sites for hydroxylation is 1. The summed E-state index contributed by atoms with van der Waals surface area (Å²) in [4.78, 5) is 13.5. The van der Waals surface area contributed by atoms with Crippen molar-refractivity contribution in [2.24, 2.45) is 0 Å². The van der Waals surface area contributed by atoms with E-state index in [9.17, 15) is 4.79 Å². The fraction of sp³-hybridized carbons (Fsp3) is 0.250. The summed E-state index contributed by atoms with van der Waals surface area (Å²) < 4.78 is 5.69. The van der Waals surface area contributed by atoms with Crippen molar-refractivity contribution in [2.45, 2.75) is 6.92 Å². The lowest BCUT2D eigenvalue weighted by molar-refractivity contribution is 0.196. The van der Waals surface area contributed by atoms with Crippen LogP contribution in [0.3, 0.4) is 0 Å². The van der Waals surface area contributed by atoms with Gasteiger partial charge in [0.1, 0.15) is 12.4 Å². The second-order valence-electron chi connectivity index (χ2n) is 5.36. The number of amides is 2. The van der Waals surface area contributed by atoms with Crippen LogP contribution in [0.25, 0.3) is 0 Å².